The van der Waals surface area contributed by atoms with Crippen LogP contribution in [0.5, 0.6) is 0 Å². The predicted octanol–water partition coefficient (Wildman–Crippen LogP) is 3.19. The van der Waals surface area contributed by atoms with Crippen LogP contribution in [0.25, 0.3) is 0 Å². The summed E-state index contributed by atoms with van der Waals surface area (Å²) in [6.45, 7) is 5.46. The van der Waals surface area contributed by atoms with E-state index < -0.39 is 17.5 Å². The minimum absolute atomic E-state index is 0.140. The molecule has 1 saturated carbocycles. The number of halogens is 2. The summed E-state index contributed by atoms with van der Waals surface area (Å²) in [6.07, 6.45) is 1.84. The number of carbonyl (C=O) groups excluding carboxylic acids is 1. The third-order valence-electron chi connectivity index (χ3n) is 2.43. The van der Waals surface area contributed by atoms with Gasteiger partial charge in [-0.15, -0.1) is 0 Å². The van der Waals surface area contributed by atoms with Crippen LogP contribution in [0.15, 0.2) is 12.1 Å². The molecule has 0 unspecified atom stereocenters. The molecule has 0 aliphatic heterocycles. The molecule has 17 heavy (non-hydrogen) atoms. The Morgan fingerprint density at radius 2 is 1.82 bits per heavy atom. The summed E-state index contributed by atoms with van der Waals surface area (Å²) in [5.74, 6) is -2.54. The number of hydrogen-bond donors (Lipinski definition) is 1. The third kappa shape index (κ3) is 3.25. The lowest BCUT2D eigenvalue weighted by Crippen LogP contribution is -2.26. The largest absolute Gasteiger partial charge is 0.349 e. The Bertz CT molecular complexity index is 414. The first-order valence-electron chi connectivity index (χ1n) is 5.85. The van der Waals surface area contributed by atoms with Gasteiger partial charge in [-0.2, -0.15) is 0 Å². The van der Waals surface area contributed by atoms with Crippen molar-refractivity contribution >= 4 is 5.91 Å². The molecule has 0 saturated heterocycles. The minimum Gasteiger partial charge on any atom is -0.349 e. The minimum atomic E-state index is -1.06. The van der Waals surface area contributed by atoms with Crippen LogP contribution in [0.3, 0.4) is 0 Å². The highest BCUT2D eigenvalue weighted by molar-refractivity contribution is 5.94. The van der Waals surface area contributed by atoms with Gasteiger partial charge in [0.05, 0.1) is 5.56 Å². The van der Waals surface area contributed by atoms with Crippen LogP contribution in [-0.2, 0) is 0 Å². The number of amides is 1. The Balaban J connectivity index is 0.000000686. The van der Waals surface area contributed by atoms with Crippen LogP contribution in [0.1, 0.15) is 42.6 Å². The van der Waals surface area contributed by atoms with E-state index in [9.17, 15) is 13.6 Å². The van der Waals surface area contributed by atoms with Gasteiger partial charge in [-0.05, 0) is 31.4 Å². The number of aryl methyl sites for hydroxylation is 1. The Morgan fingerprint density at radius 1 is 1.24 bits per heavy atom. The molecule has 2 nitrogen and oxygen atoms in total. The predicted molar refractivity (Wildman–Crippen MR) is 62.9 cm³/mol. The molecule has 1 aromatic carbocycles. The molecule has 2 rings (SSSR count). The van der Waals surface area contributed by atoms with Crippen LogP contribution in [0.2, 0.25) is 0 Å². The molecule has 0 atom stereocenters. The van der Waals surface area contributed by atoms with Crippen LogP contribution >= 0.6 is 0 Å². The molecule has 1 aliphatic carbocycles. The fourth-order valence-corrected chi connectivity index (χ4v) is 1.31. The van der Waals surface area contributed by atoms with E-state index in [0.717, 1.165) is 12.8 Å². The van der Waals surface area contributed by atoms with E-state index in [-0.39, 0.29) is 17.2 Å². The number of rotatable bonds is 2. The molecule has 0 radical (unpaired) electrons. The molecule has 1 aromatic rings. The topological polar surface area (TPSA) is 29.1 Å². The smallest absolute Gasteiger partial charge is 0.254 e. The SMILES string of the molecule is CC.Cc1ccc(C(=O)NC2CC2)c(F)c1F. The molecular formula is C13H17F2NO. The van der Waals surface area contributed by atoms with Crippen molar-refractivity contribution in [2.45, 2.75) is 39.7 Å². The zero-order valence-electron chi connectivity index (χ0n) is 10.3. The molecule has 1 N–H and O–H groups in total. The Kier molecular flexibility index (Phi) is 4.61. The second-order valence-corrected chi connectivity index (χ2v) is 3.81. The quantitative estimate of drug-likeness (QED) is 0.846. The van der Waals surface area contributed by atoms with Crippen molar-refractivity contribution in [2.24, 2.45) is 0 Å². The van der Waals surface area contributed by atoms with Gasteiger partial charge < -0.3 is 5.32 Å². The van der Waals surface area contributed by atoms with E-state index in [2.05, 4.69) is 5.32 Å². The summed E-state index contributed by atoms with van der Waals surface area (Å²) in [5.41, 5.74) is -0.0135. The molecule has 0 spiro atoms. The molecule has 94 valence electrons. The second kappa shape index (κ2) is 5.75. The van der Waals surface area contributed by atoms with Crippen molar-refractivity contribution in [2.75, 3.05) is 0 Å². The van der Waals surface area contributed by atoms with E-state index in [0.29, 0.717) is 0 Å². The standard InChI is InChI=1S/C11H11F2NO.C2H6/c1-6-2-5-8(10(13)9(6)12)11(15)14-7-3-4-7;1-2/h2,5,7H,3-4H2,1H3,(H,14,15);1-2H3. The summed E-state index contributed by atoms with van der Waals surface area (Å²) in [5, 5.41) is 2.61. The highest BCUT2D eigenvalue weighted by Gasteiger charge is 2.25. The maximum absolute atomic E-state index is 13.3. The number of nitrogens with one attached hydrogen (secondary N) is 1. The molecule has 1 amide bonds. The van der Waals surface area contributed by atoms with E-state index in [1.165, 1.54) is 19.1 Å². The molecule has 1 aliphatic rings. The van der Waals surface area contributed by atoms with E-state index in [1.807, 2.05) is 13.8 Å². The summed E-state index contributed by atoms with van der Waals surface area (Å²) in [7, 11) is 0. The first-order valence-corrected chi connectivity index (χ1v) is 5.85. The lowest BCUT2D eigenvalue weighted by Gasteiger charge is -2.06. The number of hydrogen-bond acceptors (Lipinski definition) is 1. The van der Waals surface area contributed by atoms with Gasteiger partial charge in [0.15, 0.2) is 11.6 Å². The van der Waals surface area contributed by atoms with Gasteiger partial charge in [-0.1, -0.05) is 19.9 Å². The maximum atomic E-state index is 13.3. The van der Waals surface area contributed by atoms with Crippen LogP contribution in [-0.4, -0.2) is 11.9 Å². The number of carbonyl (C=O) groups is 1. The fraction of sp³-hybridized carbons (Fsp3) is 0.462. The average Bonchev–Trinajstić information content (AvgIpc) is 3.12. The molecule has 0 heterocycles. The Hall–Kier alpha value is -1.45. The molecular weight excluding hydrogens is 224 g/mol. The molecule has 0 aromatic heterocycles. The lowest BCUT2D eigenvalue weighted by atomic mass is 10.1. The highest BCUT2D eigenvalue weighted by atomic mass is 19.2. The second-order valence-electron chi connectivity index (χ2n) is 3.81. The van der Waals surface area contributed by atoms with Gasteiger partial charge in [0.2, 0.25) is 0 Å². The van der Waals surface area contributed by atoms with Gasteiger partial charge in [0, 0.05) is 6.04 Å². The highest BCUT2D eigenvalue weighted by Crippen LogP contribution is 2.21. The van der Waals surface area contributed by atoms with Crippen molar-refractivity contribution < 1.29 is 13.6 Å². The van der Waals surface area contributed by atoms with E-state index in [1.54, 1.807) is 0 Å². The summed E-state index contributed by atoms with van der Waals surface area (Å²) in [4.78, 5) is 11.5. The molecule has 0 bridgehead atoms. The molecule has 1 fully saturated rings. The van der Waals surface area contributed by atoms with Crippen molar-refractivity contribution in [1.29, 1.82) is 0 Å². The normalized spacial score (nSPS) is 13.7. The fourth-order valence-electron chi connectivity index (χ4n) is 1.31. The van der Waals surface area contributed by atoms with E-state index >= 15 is 0 Å². The van der Waals surface area contributed by atoms with Crippen molar-refractivity contribution in [3.05, 3.63) is 34.9 Å². The first kappa shape index (κ1) is 13.6. The molecule has 4 heteroatoms. The van der Waals surface area contributed by atoms with Gasteiger partial charge in [0.25, 0.3) is 5.91 Å². The van der Waals surface area contributed by atoms with Gasteiger partial charge in [-0.25, -0.2) is 8.78 Å². The van der Waals surface area contributed by atoms with Gasteiger partial charge >= 0.3 is 0 Å². The Morgan fingerprint density at radius 3 is 2.35 bits per heavy atom. The Labute approximate surface area is 100 Å². The zero-order valence-corrected chi connectivity index (χ0v) is 10.3. The van der Waals surface area contributed by atoms with Crippen molar-refractivity contribution in [3.63, 3.8) is 0 Å². The number of benzene rings is 1. The van der Waals surface area contributed by atoms with Crippen LogP contribution in [0.4, 0.5) is 8.78 Å². The lowest BCUT2D eigenvalue weighted by molar-refractivity contribution is 0.0946. The van der Waals surface area contributed by atoms with Gasteiger partial charge in [0.1, 0.15) is 0 Å². The van der Waals surface area contributed by atoms with Gasteiger partial charge in [-0.3, -0.25) is 4.79 Å². The van der Waals surface area contributed by atoms with Crippen molar-refractivity contribution in [1.82, 2.24) is 5.32 Å². The maximum Gasteiger partial charge on any atom is 0.254 e. The van der Waals surface area contributed by atoms with E-state index in [4.69, 9.17) is 0 Å². The van der Waals surface area contributed by atoms with Crippen LogP contribution in [0, 0.1) is 18.6 Å². The average molecular weight is 241 g/mol. The van der Waals surface area contributed by atoms with Crippen LogP contribution < -0.4 is 5.32 Å². The first-order chi connectivity index (χ1) is 8.09. The summed E-state index contributed by atoms with van der Waals surface area (Å²) in [6, 6.07) is 2.85. The zero-order chi connectivity index (χ0) is 13.0. The summed E-state index contributed by atoms with van der Waals surface area (Å²) < 4.78 is 26.5. The van der Waals surface area contributed by atoms with Crippen molar-refractivity contribution in [3.8, 4) is 0 Å². The monoisotopic (exact) mass is 241 g/mol. The summed E-state index contributed by atoms with van der Waals surface area (Å²) >= 11 is 0. The third-order valence-corrected chi connectivity index (χ3v) is 2.43.